The van der Waals surface area contributed by atoms with Crippen molar-refractivity contribution < 1.29 is 77.5 Å². The van der Waals surface area contributed by atoms with Crippen molar-refractivity contribution in [3.8, 4) is 11.5 Å². The van der Waals surface area contributed by atoms with Crippen molar-refractivity contribution in [1.82, 2.24) is 20.3 Å². The van der Waals surface area contributed by atoms with Gasteiger partial charge in [-0.05, 0) is 12.1 Å². The Hall–Kier alpha value is -1.97. The second kappa shape index (κ2) is 19.1. The Balaban J connectivity index is 0.00000361. The van der Waals surface area contributed by atoms with Gasteiger partial charge in [0.05, 0.1) is 40.6 Å². The molecule has 0 aliphatic rings. The summed E-state index contributed by atoms with van der Waals surface area (Å²) >= 11 is 0. The van der Waals surface area contributed by atoms with Crippen molar-refractivity contribution in [1.29, 1.82) is 0 Å². The fraction of sp³-hybridized carbons (Fsp3) is 0.385. The second-order valence-corrected chi connectivity index (χ2v) is 7.62. The maximum Gasteiger partial charge on any atom is 0.251 e. The van der Waals surface area contributed by atoms with E-state index in [0.29, 0.717) is 74.9 Å². The number of benzene rings is 2. The monoisotopic (exact) mass is 766 g/mol. The van der Waals surface area contributed by atoms with E-state index in [4.69, 9.17) is 18.9 Å². The van der Waals surface area contributed by atoms with Gasteiger partial charge in [0.1, 0.15) is 5.95 Å². The summed E-state index contributed by atoms with van der Waals surface area (Å²) in [5.74, 6) is 2.24. The van der Waals surface area contributed by atoms with Crippen LogP contribution < -0.4 is 19.7 Å². The van der Waals surface area contributed by atoms with Gasteiger partial charge in [0.15, 0.2) is 0 Å². The Morgan fingerprint density at radius 2 is 1.63 bits per heavy atom. The van der Waals surface area contributed by atoms with Crippen molar-refractivity contribution in [2.45, 2.75) is 13.5 Å². The van der Waals surface area contributed by atoms with Crippen LogP contribution >= 0.6 is 0 Å². The molecular weight excluding hydrogens is 735 g/mol. The van der Waals surface area contributed by atoms with Gasteiger partial charge in [-0.2, -0.15) is 6.07 Å². The number of nitrogens with one attached hydrogen (secondary N) is 1. The Bertz CT molecular complexity index is 1070. The molecular formula is C26H31N5O5WY-2. The number of carbonyl (C=O) groups is 1. The molecule has 1 radical (unpaired) electrons. The number of methoxy groups -OCH3 is 2. The Labute approximate surface area is 263 Å². The van der Waals surface area contributed by atoms with Crippen LogP contribution in [0.4, 0.5) is 5.95 Å². The molecule has 38 heavy (non-hydrogen) atoms. The molecule has 201 valence electrons. The molecule has 0 saturated heterocycles. The van der Waals surface area contributed by atoms with E-state index in [9.17, 15) is 4.79 Å². The van der Waals surface area contributed by atoms with Gasteiger partial charge < -0.3 is 44.1 Å². The van der Waals surface area contributed by atoms with E-state index in [1.807, 2.05) is 23.1 Å². The number of rotatable bonds is 15. The molecule has 0 atom stereocenters. The van der Waals surface area contributed by atoms with Crippen LogP contribution in [-0.2, 0) is 69.8 Å². The Morgan fingerprint density at radius 1 is 0.974 bits per heavy atom. The molecule has 0 bridgehead atoms. The van der Waals surface area contributed by atoms with Crippen molar-refractivity contribution in [3.63, 3.8) is 0 Å². The smallest absolute Gasteiger partial charge is 0.251 e. The molecule has 1 N–H and O–H groups in total. The molecule has 12 heteroatoms. The average Bonchev–Trinajstić information content (AvgIpc) is 2.91. The molecule has 0 fully saturated rings. The molecule has 3 aromatic rings. The maximum absolute atomic E-state index is 12.0. The number of carbonyl (C=O) groups excluding carboxylic acids is 1. The van der Waals surface area contributed by atoms with Crippen molar-refractivity contribution in [2.24, 2.45) is 0 Å². The molecule has 0 aliphatic heterocycles. The SMILES string of the molecule is COc1c[c-]cc(OC)c1CN(CCOCCOCCNC(=O)c1ccccc1)c1n[c-]nc(C)n1.[W].[Y]. The molecule has 10 nitrogen and oxygen atoms in total. The van der Waals surface area contributed by atoms with Crippen LogP contribution in [0.25, 0.3) is 0 Å². The van der Waals surface area contributed by atoms with Crippen LogP contribution in [0.15, 0.2) is 42.5 Å². The first-order valence-electron chi connectivity index (χ1n) is 11.6. The minimum Gasteiger partial charge on any atom is -0.554 e. The second-order valence-electron chi connectivity index (χ2n) is 7.62. The van der Waals surface area contributed by atoms with Gasteiger partial charge >= 0.3 is 0 Å². The van der Waals surface area contributed by atoms with Gasteiger partial charge in [-0.3, -0.25) is 4.79 Å². The summed E-state index contributed by atoms with van der Waals surface area (Å²) in [6.07, 6.45) is 2.64. The molecule has 2 aromatic carbocycles. The number of hydrogen-bond acceptors (Lipinski definition) is 9. The number of hydrogen-bond donors (Lipinski definition) is 1. The zero-order chi connectivity index (χ0) is 25.6. The molecule has 0 aliphatic carbocycles. The first-order valence-corrected chi connectivity index (χ1v) is 11.6. The third-order valence-corrected chi connectivity index (χ3v) is 5.16. The van der Waals surface area contributed by atoms with Crippen LogP contribution in [0.2, 0.25) is 0 Å². The number of amides is 1. The number of aromatic nitrogens is 3. The molecule has 0 unspecified atom stereocenters. The minimum atomic E-state index is -0.120. The number of ether oxygens (including phenoxy) is 4. The predicted octanol–water partition coefficient (Wildman–Crippen LogP) is 2.26. The van der Waals surface area contributed by atoms with E-state index in [1.165, 1.54) is 0 Å². The topological polar surface area (TPSA) is 108 Å². The van der Waals surface area contributed by atoms with Gasteiger partial charge in [0.25, 0.3) is 5.91 Å². The molecule has 0 saturated carbocycles. The molecule has 0 spiro atoms. The normalized spacial score (nSPS) is 10.1. The first kappa shape index (κ1) is 34.1. The Morgan fingerprint density at radius 3 is 2.26 bits per heavy atom. The van der Waals surface area contributed by atoms with Crippen molar-refractivity contribution in [3.05, 3.63) is 71.8 Å². The zero-order valence-electron chi connectivity index (χ0n) is 21.8. The summed E-state index contributed by atoms with van der Waals surface area (Å²) in [7, 11) is 3.21. The first-order chi connectivity index (χ1) is 17.6. The van der Waals surface area contributed by atoms with Crippen LogP contribution in [0.5, 0.6) is 11.5 Å². The van der Waals surface area contributed by atoms with Gasteiger partial charge in [-0.1, -0.05) is 30.7 Å². The fourth-order valence-corrected chi connectivity index (χ4v) is 3.35. The van der Waals surface area contributed by atoms with Crippen LogP contribution in [0.3, 0.4) is 0 Å². The third kappa shape index (κ3) is 11.0. The van der Waals surface area contributed by atoms with E-state index in [-0.39, 0.29) is 59.7 Å². The number of nitrogens with zero attached hydrogens (tertiary/aromatic N) is 4. The van der Waals surface area contributed by atoms with Gasteiger partial charge in [-0.15, -0.1) is 12.1 Å². The molecule has 1 amide bonds. The van der Waals surface area contributed by atoms with Crippen LogP contribution in [-0.4, -0.2) is 74.6 Å². The van der Waals surface area contributed by atoms with Crippen LogP contribution in [0, 0.1) is 19.3 Å². The summed E-state index contributed by atoms with van der Waals surface area (Å²) < 4.78 is 22.3. The van der Waals surface area contributed by atoms with Crippen molar-refractivity contribution >= 4 is 11.9 Å². The van der Waals surface area contributed by atoms with E-state index >= 15 is 0 Å². The molecule has 3 rings (SSSR count). The minimum absolute atomic E-state index is 0. The van der Waals surface area contributed by atoms with Crippen LogP contribution in [0.1, 0.15) is 21.7 Å². The van der Waals surface area contributed by atoms with E-state index in [1.54, 1.807) is 45.4 Å². The quantitative estimate of drug-likeness (QED) is 0.184. The third-order valence-electron chi connectivity index (χ3n) is 5.16. The Kier molecular flexibility index (Phi) is 17.2. The summed E-state index contributed by atoms with van der Waals surface area (Å²) in [5, 5.41) is 2.82. The summed E-state index contributed by atoms with van der Waals surface area (Å²) in [6.45, 7) is 4.80. The fourth-order valence-electron chi connectivity index (χ4n) is 3.35. The number of anilines is 1. The molecule has 1 aromatic heterocycles. The summed E-state index contributed by atoms with van der Waals surface area (Å²) in [4.78, 5) is 26.6. The van der Waals surface area contributed by atoms with E-state index in [2.05, 4.69) is 32.7 Å². The average molecular weight is 766 g/mol. The van der Waals surface area contributed by atoms with Gasteiger partial charge in [-0.25, -0.2) is 0 Å². The molecule has 1 heterocycles. The van der Waals surface area contributed by atoms with Crippen molar-refractivity contribution in [2.75, 3.05) is 58.6 Å². The zero-order valence-corrected chi connectivity index (χ0v) is 27.6. The maximum atomic E-state index is 12.0. The van der Waals surface area contributed by atoms with Gasteiger partial charge in [0, 0.05) is 103 Å². The standard InChI is InChI=1S/C26H31N5O5.W.Y/c1-20-28-19-29-26(30-20)31(18-22-23(33-2)10-7-11-24(22)34-3)13-15-36-17-16-35-14-12-27-25(32)21-8-5-4-6-9-21;;/h4-6,8-11H,12-18H2,1-3H3,(H,27,32);;/q-2;;. The summed E-state index contributed by atoms with van der Waals surface area (Å²) in [6, 6.07) is 15.6. The van der Waals surface area contributed by atoms with Gasteiger partial charge in [0.2, 0.25) is 0 Å². The van der Waals surface area contributed by atoms with E-state index < -0.39 is 0 Å². The van der Waals surface area contributed by atoms with E-state index in [0.717, 1.165) is 5.56 Å². The number of aryl methyl sites for hydroxylation is 1. The largest absolute Gasteiger partial charge is 0.554 e. The predicted molar refractivity (Wildman–Crippen MR) is 133 cm³/mol. The summed E-state index contributed by atoms with van der Waals surface area (Å²) in [5.41, 5.74) is 1.47.